The smallest absolute Gasteiger partial charge is 0.312 e. The molecule has 1 saturated carbocycles. The molecule has 138 valence electrons. The molecular formula is C21H22F3NO. The zero-order chi connectivity index (χ0) is 18.3. The summed E-state index contributed by atoms with van der Waals surface area (Å²) in [6.07, 6.45) is 2.65. The molecule has 0 radical (unpaired) electrons. The van der Waals surface area contributed by atoms with Gasteiger partial charge in [-0.15, -0.1) is 0 Å². The Bertz CT molecular complexity index is 878. The van der Waals surface area contributed by atoms with Crippen LogP contribution in [0.3, 0.4) is 0 Å². The lowest BCUT2D eigenvalue weighted by atomic mass is 9.84. The van der Waals surface area contributed by atoms with Crippen LogP contribution < -0.4 is 5.56 Å². The van der Waals surface area contributed by atoms with Crippen LogP contribution in [0.1, 0.15) is 48.9 Å². The van der Waals surface area contributed by atoms with E-state index in [1.165, 1.54) is 18.6 Å². The summed E-state index contributed by atoms with van der Waals surface area (Å²) in [5.74, 6) is 0.479. The summed E-state index contributed by atoms with van der Waals surface area (Å²) >= 11 is 0. The SMILES string of the molecule is O=c1c(-c2ccccc2C(F)(F)F)cc2c(n1CC1CCC1)CCCC2. The molecule has 0 unspecified atom stereocenters. The molecule has 0 amide bonds. The van der Waals surface area contributed by atoms with Gasteiger partial charge in [0.15, 0.2) is 0 Å². The second-order valence-corrected chi connectivity index (χ2v) is 7.49. The molecule has 0 spiro atoms. The highest BCUT2D eigenvalue weighted by Crippen LogP contribution is 2.37. The average Bonchev–Trinajstić information content (AvgIpc) is 2.58. The van der Waals surface area contributed by atoms with Crippen molar-refractivity contribution in [2.24, 2.45) is 5.92 Å². The number of hydrogen-bond acceptors (Lipinski definition) is 1. The van der Waals surface area contributed by atoms with Crippen molar-refractivity contribution in [1.29, 1.82) is 0 Å². The molecule has 0 atom stereocenters. The van der Waals surface area contributed by atoms with Crippen LogP contribution in [0.5, 0.6) is 0 Å². The van der Waals surface area contributed by atoms with E-state index in [0.29, 0.717) is 12.5 Å². The van der Waals surface area contributed by atoms with Gasteiger partial charge in [-0.25, -0.2) is 0 Å². The molecule has 0 aliphatic heterocycles. The lowest BCUT2D eigenvalue weighted by molar-refractivity contribution is -0.137. The number of fused-ring (bicyclic) bond motifs is 1. The van der Waals surface area contributed by atoms with Gasteiger partial charge in [-0.3, -0.25) is 4.79 Å². The number of alkyl halides is 3. The first-order chi connectivity index (χ1) is 12.4. The second-order valence-electron chi connectivity index (χ2n) is 7.49. The third-order valence-electron chi connectivity index (χ3n) is 5.79. The maximum atomic E-state index is 13.5. The molecule has 2 aliphatic carbocycles. The molecule has 0 bridgehead atoms. The van der Waals surface area contributed by atoms with Crippen molar-refractivity contribution < 1.29 is 13.2 Å². The maximum absolute atomic E-state index is 13.5. The molecule has 5 heteroatoms. The molecule has 0 N–H and O–H groups in total. The Labute approximate surface area is 150 Å². The minimum absolute atomic E-state index is 0.000679. The topological polar surface area (TPSA) is 22.0 Å². The summed E-state index contributed by atoms with van der Waals surface area (Å²) in [5, 5.41) is 0. The van der Waals surface area contributed by atoms with Crippen LogP contribution in [-0.4, -0.2) is 4.57 Å². The van der Waals surface area contributed by atoms with Crippen molar-refractivity contribution in [3.8, 4) is 11.1 Å². The van der Waals surface area contributed by atoms with Crippen LogP contribution >= 0.6 is 0 Å². The predicted octanol–water partition coefficient (Wildman–Crippen LogP) is 5.21. The third kappa shape index (κ3) is 3.08. The Balaban J connectivity index is 1.90. The lowest BCUT2D eigenvalue weighted by Crippen LogP contribution is -2.32. The number of benzene rings is 1. The highest BCUT2D eigenvalue weighted by Gasteiger charge is 2.34. The van der Waals surface area contributed by atoms with E-state index in [4.69, 9.17) is 0 Å². The summed E-state index contributed by atoms with van der Waals surface area (Å²) in [6.45, 7) is 0.642. The summed E-state index contributed by atoms with van der Waals surface area (Å²) in [4.78, 5) is 13.2. The van der Waals surface area contributed by atoms with E-state index in [1.807, 2.05) is 0 Å². The Morgan fingerprint density at radius 1 is 1.00 bits per heavy atom. The quantitative estimate of drug-likeness (QED) is 0.735. The first-order valence-corrected chi connectivity index (χ1v) is 9.37. The van der Waals surface area contributed by atoms with Crippen LogP contribution in [0, 0.1) is 5.92 Å². The highest BCUT2D eigenvalue weighted by atomic mass is 19.4. The van der Waals surface area contributed by atoms with Gasteiger partial charge in [0.1, 0.15) is 0 Å². The summed E-state index contributed by atoms with van der Waals surface area (Å²) in [7, 11) is 0. The zero-order valence-electron chi connectivity index (χ0n) is 14.6. The van der Waals surface area contributed by atoms with Crippen LogP contribution in [-0.2, 0) is 25.6 Å². The number of hydrogen-bond donors (Lipinski definition) is 0. The van der Waals surface area contributed by atoms with E-state index in [1.54, 1.807) is 16.7 Å². The lowest BCUT2D eigenvalue weighted by Gasteiger charge is -2.30. The minimum Gasteiger partial charge on any atom is -0.312 e. The van der Waals surface area contributed by atoms with E-state index >= 15 is 0 Å². The summed E-state index contributed by atoms with van der Waals surface area (Å²) in [6, 6.07) is 7.14. The van der Waals surface area contributed by atoms with Gasteiger partial charge in [-0.1, -0.05) is 24.6 Å². The van der Waals surface area contributed by atoms with Crippen LogP contribution in [0.25, 0.3) is 11.1 Å². The molecule has 0 saturated heterocycles. The number of pyridine rings is 1. The van der Waals surface area contributed by atoms with Crippen molar-refractivity contribution in [2.75, 3.05) is 0 Å². The molecular weight excluding hydrogens is 339 g/mol. The van der Waals surface area contributed by atoms with Crippen molar-refractivity contribution in [2.45, 2.75) is 57.7 Å². The van der Waals surface area contributed by atoms with Crippen LogP contribution in [0.2, 0.25) is 0 Å². The molecule has 2 aromatic rings. The Hall–Kier alpha value is -2.04. The van der Waals surface area contributed by atoms with Crippen molar-refractivity contribution in [1.82, 2.24) is 4.57 Å². The molecule has 1 aromatic carbocycles. The molecule has 1 heterocycles. The Morgan fingerprint density at radius 3 is 2.42 bits per heavy atom. The van der Waals surface area contributed by atoms with Crippen molar-refractivity contribution in [3.05, 3.63) is 57.5 Å². The number of aromatic nitrogens is 1. The average molecular weight is 361 g/mol. The predicted molar refractivity (Wildman–Crippen MR) is 95.1 cm³/mol. The third-order valence-corrected chi connectivity index (χ3v) is 5.79. The largest absolute Gasteiger partial charge is 0.417 e. The van der Waals surface area contributed by atoms with Crippen molar-refractivity contribution in [3.63, 3.8) is 0 Å². The van der Waals surface area contributed by atoms with Gasteiger partial charge < -0.3 is 4.57 Å². The van der Waals surface area contributed by atoms with Gasteiger partial charge in [-0.2, -0.15) is 13.2 Å². The van der Waals surface area contributed by atoms with Gasteiger partial charge in [0, 0.05) is 17.8 Å². The minimum atomic E-state index is -4.47. The molecule has 2 aliphatic rings. The number of rotatable bonds is 3. The van der Waals surface area contributed by atoms with Gasteiger partial charge in [0.25, 0.3) is 5.56 Å². The fourth-order valence-electron chi connectivity index (χ4n) is 4.17. The molecule has 4 rings (SSSR count). The van der Waals surface area contributed by atoms with E-state index in [2.05, 4.69) is 0 Å². The van der Waals surface area contributed by atoms with E-state index in [-0.39, 0.29) is 16.7 Å². The van der Waals surface area contributed by atoms with Gasteiger partial charge in [0.2, 0.25) is 0 Å². The fraction of sp³-hybridized carbons (Fsp3) is 0.476. The van der Waals surface area contributed by atoms with E-state index in [9.17, 15) is 18.0 Å². The highest BCUT2D eigenvalue weighted by molar-refractivity contribution is 5.68. The van der Waals surface area contributed by atoms with Gasteiger partial charge >= 0.3 is 6.18 Å². The standard InChI is InChI=1S/C21H22F3NO/c22-21(23,24)18-10-3-2-9-16(18)17-12-15-8-1-4-11-19(15)25(20(17)26)13-14-6-5-7-14/h2-3,9-10,12,14H,1,4-8,11,13H2. The summed E-state index contributed by atoms with van der Waals surface area (Å²) in [5.41, 5.74) is 1.28. The first-order valence-electron chi connectivity index (χ1n) is 9.37. The molecule has 1 aromatic heterocycles. The van der Waals surface area contributed by atoms with E-state index in [0.717, 1.165) is 55.8 Å². The molecule has 2 nitrogen and oxygen atoms in total. The van der Waals surface area contributed by atoms with Gasteiger partial charge in [0.05, 0.1) is 5.56 Å². The normalized spacial score (nSPS) is 17.7. The fourth-order valence-corrected chi connectivity index (χ4v) is 4.17. The van der Waals surface area contributed by atoms with Crippen molar-refractivity contribution >= 4 is 0 Å². The van der Waals surface area contributed by atoms with E-state index < -0.39 is 11.7 Å². The summed E-state index contributed by atoms with van der Waals surface area (Å²) < 4.78 is 42.2. The van der Waals surface area contributed by atoms with Crippen LogP contribution in [0.4, 0.5) is 13.2 Å². The first kappa shape index (κ1) is 17.4. The maximum Gasteiger partial charge on any atom is 0.417 e. The second kappa shape index (κ2) is 6.60. The van der Waals surface area contributed by atoms with Gasteiger partial charge in [-0.05, 0) is 67.7 Å². The number of halogens is 3. The van der Waals surface area contributed by atoms with Crippen LogP contribution in [0.15, 0.2) is 35.1 Å². The molecule has 26 heavy (non-hydrogen) atoms. The molecule has 1 fully saturated rings. The monoisotopic (exact) mass is 361 g/mol. The Kier molecular flexibility index (Phi) is 4.41. The zero-order valence-corrected chi connectivity index (χ0v) is 14.6. The number of aryl methyl sites for hydroxylation is 1. The Morgan fingerprint density at radius 2 is 1.73 bits per heavy atom. The number of nitrogens with zero attached hydrogens (tertiary/aromatic N) is 1.